The third kappa shape index (κ3) is 3.44. The van der Waals surface area contributed by atoms with E-state index in [4.69, 9.17) is 0 Å². The number of halogens is 1. The second-order valence-corrected chi connectivity index (χ2v) is 7.98. The highest BCUT2D eigenvalue weighted by Crippen LogP contribution is 2.50. The first-order chi connectivity index (χ1) is 11.6. The Morgan fingerprint density at radius 3 is 2.71 bits per heavy atom. The van der Waals surface area contributed by atoms with E-state index in [9.17, 15) is 5.11 Å². The Bertz CT molecular complexity index is 656. The van der Waals surface area contributed by atoms with E-state index in [0.29, 0.717) is 0 Å². The summed E-state index contributed by atoms with van der Waals surface area (Å²) in [4.78, 5) is 2.46. The molecule has 1 aliphatic heterocycles. The van der Waals surface area contributed by atoms with Crippen molar-refractivity contribution >= 4 is 15.9 Å². The zero-order valence-electron chi connectivity index (χ0n) is 14.2. The van der Waals surface area contributed by atoms with Crippen LogP contribution in [0.25, 0.3) is 0 Å². The molecule has 0 aromatic heterocycles. The summed E-state index contributed by atoms with van der Waals surface area (Å²) in [6, 6.07) is 6.31. The van der Waals surface area contributed by atoms with Gasteiger partial charge in [0.15, 0.2) is 0 Å². The molecule has 128 valence electrons. The van der Waals surface area contributed by atoms with Gasteiger partial charge in [-0.05, 0) is 67.6 Å². The Hall–Kier alpha value is -1.16. The SMILES string of the molecule is C=C/C=C(\C=C)CN1CCC2(CCc3cc(Br)ccc3C2O)CC1. The monoisotopic (exact) mass is 387 g/mol. The maximum atomic E-state index is 11.1. The van der Waals surface area contributed by atoms with E-state index in [0.717, 1.165) is 55.4 Å². The number of hydrogen-bond donors (Lipinski definition) is 1. The van der Waals surface area contributed by atoms with Gasteiger partial charge in [-0.1, -0.05) is 53.4 Å². The number of allylic oxidation sites excluding steroid dienone is 2. The van der Waals surface area contributed by atoms with Crippen LogP contribution in [0.1, 0.15) is 36.5 Å². The number of fused-ring (bicyclic) bond motifs is 1. The summed E-state index contributed by atoms with van der Waals surface area (Å²) in [6.07, 6.45) is 9.70. The zero-order chi connectivity index (χ0) is 17.2. The zero-order valence-corrected chi connectivity index (χ0v) is 15.8. The van der Waals surface area contributed by atoms with Gasteiger partial charge < -0.3 is 5.11 Å². The number of aliphatic hydroxyl groups is 1. The Kier molecular flexibility index (Phi) is 5.43. The maximum Gasteiger partial charge on any atom is 0.0849 e. The largest absolute Gasteiger partial charge is 0.388 e. The van der Waals surface area contributed by atoms with Crippen molar-refractivity contribution in [2.45, 2.75) is 31.8 Å². The molecule has 1 fully saturated rings. The maximum absolute atomic E-state index is 11.1. The van der Waals surface area contributed by atoms with Gasteiger partial charge in [0, 0.05) is 16.4 Å². The molecule has 1 saturated heterocycles. The second kappa shape index (κ2) is 7.38. The molecule has 1 unspecified atom stereocenters. The van der Waals surface area contributed by atoms with E-state index in [-0.39, 0.29) is 11.5 Å². The van der Waals surface area contributed by atoms with Crippen LogP contribution in [-0.4, -0.2) is 29.6 Å². The van der Waals surface area contributed by atoms with Crippen LogP contribution in [0.5, 0.6) is 0 Å². The van der Waals surface area contributed by atoms with Crippen molar-refractivity contribution in [2.75, 3.05) is 19.6 Å². The molecular weight excluding hydrogens is 362 g/mol. The number of rotatable bonds is 4. The fraction of sp³-hybridized carbons (Fsp3) is 0.429. The molecule has 2 aliphatic rings. The predicted molar refractivity (Wildman–Crippen MR) is 104 cm³/mol. The third-order valence-corrected chi connectivity index (χ3v) is 6.22. The van der Waals surface area contributed by atoms with Crippen molar-refractivity contribution in [3.63, 3.8) is 0 Å². The van der Waals surface area contributed by atoms with E-state index < -0.39 is 0 Å². The lowest BCUT2D eigenvalue weighted by atomic mass is 9.64. The van der Waals surface area contributed by atoms with Gasteiger partial charge in [-0.2, -0.15) is 0 Å². The lowest BCUT2D eigenvalue weighted by Crippen LogP contribution is -2.45. The van der Waals surface area contributed by atoms with Crippen LogP contribution in [0.2, 0.25) is 0 Å². The van der Waals surface area contributed by atoms with Gasteiger partial charge in [0.1, 0.15) is 0 Å². The lowest BCUT2D eigenvalue weighted by Gasteiger charge is -2.48. The quantitative estimate of drug-likeness (QED) is 0.749. The number of likely N-dealkylation sites (tertiary alicyclic amines) is 1. The van der Waals surface area contributed by atoms with Crippen molar-refractivity contribution in [3.8, 4) is 0 Å². The molecule has 1 heterocycles. The van der Waals surface area contributed by atoms with E-state index in [1.807, 2.05) is 24.3 Å². The third-order valence-electron chi connectivity index (χ3n) is 5.72. The van der Waals surface area contributed by atoms with Crippen molar-refractivity contribution < 1.29 is 5.11 Å². The molecule has 0 amide bonds. The lowest BCUT2D eigenvalue weighted by molar-refractivity contribution is -0.0374. The van der Waals surface area contributed by atoms with Crippen LogP contribution in [-0.2, 0) is 6.42 Å². The highest BCUT2D eigenvalue weighted by atomic mass is 79.9. The smallest absolute Gasteiger partial charge is 0.0849 e. The first kappa shape index (κ1) is 17.7. The summed E-state index contributed by atoms with van der Waals surface area (Å²) in [5.74, 6) is 0. The van der Waals surface area contributed by atoms with Crippen LogP contribution >= 0.6 is 15.9 Å². The van der Waals surface area contributed by atoms with Crippen LogP contribution in [0, 0.1) is 5.41 Å². The molecule has 3 rings (SSSR count). The molecule has 1 atom stereocenters. The van der Waals surface area contributed by atoms with Crippen molar-refractivity contribution in [3.05, 3.63) is 70.8 Å². The molecule has 1 N–H and O–H groups in total. The first-order valence-electron chi connectivity index (χ1n) is 8.71. The number of benzene rings is 1. The minimum absolute atomic E-state index is 0.0494. The molecule has 1 spiro atoms. The van der Waals surface area contributed by atoms with Crippen LogP contribution in [0.15, 0.2) is 59.6 Å². The Labute approximate surface area is 153 Å². The Morgan fingerprint density at radius 1 is 1.29 bits per heavy atom. The normalized spacial score (nSPS) is 23.8. The van der Waals surface area contributed by atoms with Crippen LogP contribution in [0.3, 0.4) is 0 Å². The average molecular weight is 388 g/mol. The fourth-order valence-corrected chi connectivity index (χ4v) is 4.59. The van der Waals surface area contributed by atoms with Gasteiger partial charge in [-0.15, -0.1) is 0 Å². The topological polar surface area (TPSA) is 23.5 Å². The fourth-order valence-electron chi connectivity index (χ4n) is 4.18. The standard InChI is InChI=1S/C21H26BrNO/c1-3-5-16(4-2)15-23-12-10-21(11-13-23)9-8-17-14-18(22)6-7-19(17)20(21)24/h3-7,14,20,24H,1-2,8-13,15H2/b16-5+. The van der Waals surface area contributed by atoms with Gasteiger partial charge in [-0.3, -0.25) is 4.90 Å². The van der Waals surface area contributed by atoms with Gasteiger partial charge >= 0.3 is 0 Å². The summed E-state index contributed by atoms with van der Waals surface area (Å²) in [5, 5.41) is 11.1. The van der Waals surface area contributed by atoms with E-state index in [2.05, 4.69) is 46.1 Å². The van der Waals surface area contributed by atoms with E-state index in [1.54, 1.807) is 0 Å². The molecule has 0 bridgehead atoms. The predicted octanol–water partition coefficient (Wildman–Crippen LogP) is 4.81. The summed E-state index contributed by atoms with van der Waals surface area (Å²) in [5.41, 5.74) is 3.69. The van der Waals surface area contributed by atoms with E-state index in [1.165, 1.54) is 11.1 Å². The highest BCUT2D eigenvalue weighted by Gasteiger charge is 2.44. The highest BCUT2D eigenvalue weighted by molar-refractivity contribution is 9.10. The summed E-state index contributed by atoms with van der Waals surface area (Å²) >= 11 is 3.54. The van der Waals surface area contributed by atoms with Crippen LogP contribution < -0.4 is 0 Å². The summed E-state index contributed by atoms with van der Waals surface area (Å²) in [6.45, 7) is 10.6. The van der Waals surface area contributed by atoms with Crippen molar-refractivity contribution in [1.82, 2.24) is 4.90 Å². The Morgan fingerprint density at radius 2 is 2.04 bits per heavy atom. The number of aryl methyl sites for hydroxylation is 1. The number of piperidine rings is 1. The molecule has 1 aromatic carbocycles. The van der Waals surface area contributed by atoms with Gasteiger partial charge in [0.25, 0.3) is 0 Å². The van der Waals surface area contributed by atoms with Gasteiger partial charge in [-0.25, -0.2) is 0 Å². The molecule has 1 aromatic rings. The molecule has 3 heteroatoms. The number of nitrogens with zero attached hydrogens (tertiary/aromatic N) is 1. The van der Waals surface area contributed by atoms with E-state index >= 15 is 0 Å². The van der Waals surface area contributed by atoms with Crippen LogP contribution in [0.4, 0.5) is 0 Å². The average Bonchev–Trinajstić information content (AvgIpc) is 2.60. The Balaban J connectivity index is 1.69. The number of aliphatic hydroxyl groups excluding tert-OH is 1. The van der Waals surface area contributed by atoms with Gasteiger partial charge in [0.2, 0.25) is 0 Å². The molecule has 0 saturated carbocycles. The minimum atomic E-state index is -0.334. The molecule has 1 aliphatic carbocycles. The molecule has 24 heavy (non-hydrogen) atoms. The van der Waals surface area contributed by atoms with Gasteiger partial charge in [0.05, 0.1) is 6.10 Å². The minimum Gasteiger partial charge on any atom is -0.388 e. The molecular formula is C21H26BrNO. The number of hydrogen-bond acceptors (Lipinski definition) is 2. The molecule has 2 nitrogen and oxygen atoms in total. The molecule has 0 radical (unpaired) electrons. The second-order valence-electron chi connectivity index (χ2n) is 7.07. The first-order valence-corrected chi connectivity index (χ1v) is 9.50. The summed E-state index contributed by atoms with van der Waals surface area (Å²) in [7, 11) is 0. The summed E-state index contributed by atoms with van der Waals surface area (Å²) < 4.78 is 1.10. The van der Waals surface area contributed by atoms with Crippen molar-refractivity contribution in [2.24, 2.45) is 5.41 Å². The van der Waals surface area contributed by atoms with Crippen molar-refractivity contribution in [1.29, 1.82) is 0 Å².